The van der Waals surface area contributed by atoms with Crippen LogP contribution >= 0.6 is 35.6 Å². The largest absolute Gasteiger partial charge is 0.324 e. The number of hydrogen-bond acceptors (Lipinski definition) is 5. The Kier molecular flexibility index (Phi) is 5.55. The SMILES string of the molecule is Cc1ccc(NC(=O)CSC(=S)N2C(=O)CCC2=O)c(Cl)c1. The van der Waals surface area contributed by atoms with Gasteiger partial charge in [0, 0.05) is 12.8 Å². The fraction of sp³-hybridized carbons (Fsp3) is 0.286. The standard InChI is InChI=1S/C14H13ClN2O3S2/c1-8-2-3-10(9(15)6-8)16-11(18)7-22-14(21)17-12(19)4-5-13(17)20/h2-3,6H,4-5,7H2,1H3,(H,16,18). The lowest BCUT2D eigenvalue weighted by atomic mass is 10.2. The van der Waals surface area contributed by atoms with Gasteiger partial charge in [-0.25, -0.2) is 4.90 Å². The zero-order chi connectivity index (χ0) is 16.3. The number of anilines is 1. The molecule has 1 aliphatic rings. The van der Waals surface area contributed by atoms with Crippen LogP contribution in [0.4, 0.5) is 5.69 Å². The average molecular weight is 357 g/mol. The summed E-state index contributed by atoms with van der Waals surface area (Å²) in [4.78, 5) is 35.9. The molecule has 3 amide bonds. The summed E-state index contributed by atoms with van der Waals surface area (Å²) < 4.78 is 0.109. The zero-order valence-corrected chi connectivity index (χ0v) is 14.1. The third-order valence-corrected chi connectivity index (χ3v) is 4.64. The lowest BCUT2D eigenvalue weighted by molar-refractivity contribution is -0.133. The Morgan fingerprint density at radius 3 is 2.59 bits per heavy atom. The van der Waals surface area contributed by atoms with E-state index in [1.807, 2.05) is 13.0 Å². The van der Waals surface area contributed by atoms with E-state index in [2.05, 4.69) is 5.32 Å². The lowest BCUT2D eigenvalue weighted by Crippen LogP contribution is -2.33. The Labute approximate surface area is 142 Å². The molecule has 8 heteroatoms. The molecule has 0 saturated carbocycles. The molecule has 1 fully saturated rings. The number of nitrogens with zero attached hydrogens (tertiary/aromatic N) is 1. The molecule has 1 aromatic carbocycles. The molecule has 0 bridgehead atoms. The van der Waals surface area contributed by atoms with Crippen molar-refractivity contribution in [1.82, 2.24) is 4.90 Å². The fourth-order valence-electron chi connectivity index (χ4n) is 1.88. The number of aryl methyl sites for hydroxylation is 1. The Bertz CT molecular complexity index is 647. The van der Waals surface area contributed by atoms with Crippen molar-refractivity contribution in [3.63, 3.8) is 0 Å². The third-order valence-electron chi connectivity index (χ3n) is 2.96. The van der Waals surface area contributed by atoms with Gasteiger partial charge in [-0.05, 0) is 24.6 Å². The topological polar surface area (TPSA) is 66.5 Å². The number of halogens is 1. The van der Waals surface area contributed by atoms with Gasteiger partial charge < -0.3 is 5.32 Å². The maximum absolute atomic E-state index is 11.9. The van der Waals surface area contributed by atoms with Crippen molar-refractivity contribution >= 4 is 63.3 Å². The molecule has 1 saturated heterocycles. The minimum absolute atomic E-state index is 0.0000979. The molecule has 22 heavy (non-hydrogen) atoms. The number of benzene rings is 1. The van der Waals surface area contributed by atoms with E-state index in [1.165, 1.54) is 0 Å². The molecule has 1 N–H and O–H groups in total. The number of thiocarbonyl (C=S) groups is 1. The van der Waals surface area contributed by atoms with E-state index in [-0.39, 0.29) is 40.6 Å². The maximum Gasteiger partial charge on any atom is 0.235 e. The van der Waals surface area contributed by atoms with Crippen LogP contribution in [-0.2, 0) is 14.4 Å². The molecule has 5 nitrogen and oxygen atoms in total. The minimum Gasteiger partial charge on any atom is -0.324 e. The number of nitrogens with one attached hydrogen (secondary N) is 1. The molecule has 0 aromatic heterocycles. The van der Waals surface area contributed by atoms with Crippen molar-refractivity contribution in [3.8, 4) is 0 Å². The van der Waals surface area contributed by atoms with Crippen LogP contribution in [0.5, 0.6) is 0 Å². The third kappa shape index (κ3) is 4.06. The first-order chi connectivity index (χ1) is 10.4. The van der Waals surface area contributed by atoms with Gasteiger partial charge >= 0.3 is 0 Å². The van der Waals surface area contributed by atoms with Crippen LogP contribution in [0, 0.1) is 6.92 Å². The van der Waals surface area contributed by atoms with Crippen LogP contribution in [-0.4, -0.2) is 32.7 Å². The summed E-state index contributed by atoms with van der Waals surface area (Å²) in [6.45, 7) is 1.90. The second kappa shape index (κ2) is 7.21. The summed E-state index contributed by atoms with van der Waals surface area (Å²) in [5.74, 6) is -0.939. The van der Waals surface area contributed by atoms with Crippen LogP contribution in [0.25, 0.3) is 0 Å². The molecule has 1 aromatic rings. The average Bonchev–Trinajstić information content (AvgIpc) is 2.79. The highest BCUT2D eigenvalue weighted by Gasteiger charge is 2.32. The zero-order valence-electron chi connectivity index (χ0n) is 11.7. The first kappa shape index (κ1) is 16.9. The first-order valence-corrected chi connectivity index (χ1v) is 8.24. The number of thioether (sulfide) groups is 1. The van der Waals surface area contributed by atoms with E-state index in [9.17, 15) is 14.4 Å². The predicted octanol–water partition coefficient (Wildman–Crippen LogP) is 2.75. The van der Waals surface area contributed by atoms with Gasteiger partial charge in [0.15, 0.2) is 0 Å². The van der Waals surface area contributed by atoms with Gasteiger partial charge in [0.25, 0.3) is 0 Å². The Morgan fingerprint density at radius 2 is 2.00 bits per heavy atom. The van der Waals surface area contributed by atoms with Gasteiger partial charge in [-0.15, -0.1) is 0 Å². The molecule has 1 aliphatic heterocycles. The molecule has 116 valence electrons. The summed E-state index contributed by atoms with van der Waals surface area (Å²) in [7, 11) is 0. The second-order valence-corrected chi connectivity index (χ2v) is 6.73. The normalized spacial score (nSPS) is 14.4. The molecule has 1 heterocycles. The van der Waals surface area contributed by atoms with Gasteiger partial charge in [0.2, 0.25) is 17.7 Å². The quantitative estimate of drug-likeness (QED) is 0.666. The van der Waals surface area contributed by atoms with E-state index in [0.29, 0.717) is 10.7 Å². The van der Waals surface area contributed by atoms with Crippen molar-refractivity contribution in [2.24, 2.45) is 0 Å². The van der Waals surface area contributed by atoms with Crippen LogP contribution < -0.4 is 5.32 Å². The molecule has 2 rings (SSSR count). The Balaban J connectivity index is 1.89. The van der Waals surface area contributed by atoms with Crippen LogP contribution in [0.2, 0.25) is 5.02 Å². The molecular formula is C14H13ClN2O3S2. The second-order valence-electron chi connectivity index (χ2n) is 4.71. The van der Waals surface area contributed by atoms with Crippen LogP contribution in [0.15, 0.2) is 18.2 Å². The minimum atomic E-state index is -0.315. The molecular weight excluding hydrogens is 344 g/mol. The summed E-state index contributed by atoms with van der Waals surface area (Å²) in [6.07, 6.45) is 0.343. The number of hydrogen-bond donors (Lipinski definition) is 1. The number of likely N-dealkylation sites (tertiary alicyclic amines) is 1. The van der Waals surface area contributed by atoms with E-state index >= 15 is 0 Å². The highest BCUT2D eigenvalue weighted by atomic mass is 35.5. The van der Waals surface area contributed by atoms with Gasteiger partial charge in [-0.2, -0.15) is 0 Å². The van der Waals surface area contributed by atoms with Crippen molar-refractivity contribution in [3.05, 3.63) is 28.8 Å². The number of rotatable bonds is 3. The van der Waals surface area contributed by atoms with Crippen molar-refractivity contribution < 1.29 is 14.4 Å². The number of amides is 3. The van der Waals surface area contributed by atoms with Gasteiger partial charge in [0.1, 0.15) is 4.32 Å². The summed E-state index contributed by atoms with van der Waals surface area (Å²) >= 11 is 12.0. The van der Waals surface area contributed by atoms with E-state index < -0.39 is 0 Å². The van der Waals surface area contributed by atoms with E-state index in [1.54, 1.807) is 12.1 Å². The highest BCUT2D eigenvalue weighted by Crippen LogP contribution is 2.23. The number of carbonyl (C=O) groups is 3. The highest BCUT2D eigenvalue weighted by molar-refractivity contribution is 8.23. The van der Waals surface area contributed by atoms with Crippen molar-refractivity contribution in [2.75, 3.05) is 11.1 Å². The van der Waals surface area contributed by atoms with Gasteiger partial charge in [0.05, 0.1) is 16.5 Å². The van der Waals surface area contributed by atoms with Crippen LogP contribution in [0.3, 0.4) is 0 Å². The number of carbonyl (C=O) groups excluding carboxylic acids is 3. The van der Waals surface area contributed by atoms with Crippen LogP contribution in [0.1, 0.15) is 18.4 Å². The maximum atomic E-state index is 11.9. The number of imide groups is 1. The first-order valence-electron chi connectivity index (χ1n) is 6.47. The van der Waals surface area contributed by atoms with Gasteiger partial charge in [-0.1, -0.05) is 41.6 Å². The molecule has 0 radical (unpaired) electrons. The summed E-state index contributed by atoms with van der Waals surface area (Å²) in [5.41, 5.74) is 1.50. The lowest BCUT2D eigenvalue weighted by Gasteiger charge is -2.14. The van der Waals surface area contributed by atoms with Gasteiger partial charge in [-0.3, -0.25) is 14.4 Å². The van der Waals surface area contributed by atoms with Crippen molar-refractivity contribution in [2.45, 2.75) is 19.8 Å². The molecule has 0 spiro atoms. The van der Waals surface area contributed by atoms with E-state index in [0.717, 1.165) is 22.2 Å². The summed E-state index contributed by atoms with van der Waals surface area (Å²) in [5, 5.41) is 3.12. The Hall–Kier alpha value is -1.44. The molecule has 0 aliphatic carbocycles. The summed E-state index contributed by atoms with van der Waals surface area (Å²) in [6, 6.07) is 5.30. The Morgan fingerprint density at radius 1 is 1.36 bits per heavy atom. The monoisotopic (exact) mass is 356 g/mol. The predicted molar refractivity (Wildman–Crippen MR) is 91.0 cm³/mol. The van der Waals surface area contributed by atoms with E-state index in [4.69, 9.17) is 23.8 Å². The fourth-order valence-corrected chi connectivity index (χ4v) is 3.20. The molecule has 0 atom stereocenters. The smallest absolute Gasteiger partial charge is 0.235 e. The van der Waals surface area contributed by atoms with Crippen molar-refractivity contribution in [1.29, 1.82) is 0 Å². The molecule has 0 unspecified atom stereocenters.